The second-order valence-corrected chi connectivity index (χ2v) is 6.84. The van der Waals surface area contributed by atoms with Gasteiger partial charge >= 0.3 is 0 Å². The number of hydrogen-bond acceptors (Lipinski definition) is 3. The molecule has 4 rings (SSSR count). The molecule has 142 valence electrons. The van der Waals surface area contributed by atoms with Gasteiger partial charge in [0, 0.05) is 24.7 Å². The van der Waals surface area contributed by atoms with Gasteiger partial charge in [0.25, 0.3) is 0 Å². The van der Waals surface area contributed by atoms with E-state index in [1.807, 2.05) is 89.8 Å². The molecule has 0 aliphatic carbocycles. The van der Waals surface area contributed by atoms with Crippen LogP contribution in [0.1, 0.15) is 17.5 Å². The molecular formula is C25H21N3O. The largest absolute Gasteiger partial charge is 0.334 e. The average molecular weight is 379 g/mol. The monoisotopic (exact) mass is 379 g/mol. The van der Waals surface area contributed by atoms with Crippen LogP contribution < -0.4 is 0 Å². The van der Waals surface area contributed by atoms with Crippen LogP contribution in [-0.2, 0) is 11.3 Å². The molecule has 3 aromatic carbocycles. The zero-order valence-electron chi connectivity index (χ0n) is 16.0. The third-order valence-corrected chi connectivity index (χ3v) is 4.83. The summed E-state index contributed by atoms with van der Waals surface area (Å²) in [5, 5.41) is 0. The second-order valence-electron chi connectivity index (χ2n) is 6.84. The summed E-state index contributed by atoms with van der Waals surface area (Å²) < 4.78 is 0. The van der Waals surface area contributed by atoms with Crippen molar-refractivity contribution in [1.29, 1.82) is 0 Å². The fourth-order valence-corrected chi connectivity index (χ4v) is 3.33. The highest BCUT2D eigenvalue weighted by Crippen LogP contribution is 2.31. The minimum Gasteiger partial charge on any atom is -0.334 e. The van der Waals surface area contributed by atoms with Gasteiger partial charge in [-0.3, -0.25) is 4.79 Å². The first-order valence-electron chi connectivity index (χ1n) is 9.64. The Morgan fingerprint density at radius 3 is 2.28 bits per heavy atom. The molecule has 0 spiro atoms. The molecule has 3 aromatic rings. The maximum Gasteiger partial charge on any atom is 0.247 e. The van der Waals surface area contributed by atoms with Crippen LogP contribution in [0.15, 0.2) is 101 Å². The Morgan fingerprint density at radius 2 is 1.52 bits per heavy atom. The number of hydrogen-bond donors (Lipinski definition) is 0. The lowest BCUT2D eigenvalue weighted by atomic mass is 9.97. The third kappa shape index (κ3) is 4.75. The predicted octanol–water partition coefficient (Wildman–Crippen LogP) is 5.64. The molecular weight excluding hydrogens is 358 g/mol. The van der Waals surface area contributed by atoms with Gasteiger partial charge in [0.15, 0.2) is 0 Å². The number of aliphatic imine (C=N–C) groups is 2. The summed E-state index contributed by atoms with van der Waals surface area (Å²) in [6.45, 7) is 1.32. The van der Waals surface area contributed by atoms with Gasteiger partial charge in [-0.1, -0.05) is 66.7 Å². The molecule has 1 amide bonds. The fraction of sp³-hybridized carbons (Fsp3) is 0.120. The maximum atomic E-state index is 12.7. The van der Waals surface area contributed by atoms with Crippen LogP contribution in [0, 0.1) is 0 Å². The molecule has 4 nitrogen and oxygen atoms in total. The summed E-state index contributed by atoms with van der Waals surface area (Å²) in [5.41, 5.74) is 4.66. The van der Waals surface area contributed by atoms with E-state index in [9.17, 15) is 4.79 Å². The van der Waals surface area contributed by atoms with Crippen molar-refractivity contribution in [2.45, 2.75) is 13.0 Å². The Balaban J connectivity index is 1.54. The van der Waals surface area contributed by atoms with Crippen LogP contribution in [0.5, 0.6) is 0 Å². The van der Waals surface area contributed by atoms with Crippen molar-refractivity contribution in [2.75, 3.05) is 6.54 Å². The van der Waals surface area contributed by atoms with Gasteiger partial charge in [-0.15, -0.1) is 0 Å². The Morgan fingerprint density at radius 1 is 0.828 bits per heavy atom. The molecule has 0 aromatic heterocycles. The summed E-state index contributed by atoms with van der Waals surface area (Å²) in [5.74, 6) is 0.0341. The van der Waals surface area contributed by atoms with Crippen LogP contribution in [-0.4, -0.2) is 23.4 Å². The fourth-order valence-electron chi connectivity index (χ4n) is 3.33. The zero-order chi connectivity index (χ0) is 19.9. The molecule has 1 aliphatic heterocycles. The van der Waals surface area contributed by atoms with E-state index in [0.29, 0.717) is 13.1 Å². The predicted molar refractivity (Wildman–Crippen MR) is 117 cm³/mol. The van der Waals surface area contributed by atoms with Crippen molar-refractivity contribution in [3.63, 3.8) is 0 Å². The second kappa shape index (κ2) is 8.96. The number of para-hydroxylation sites is 2. The van der Waals surface area contributed by atoms with Gasteiger partial charge < -0.3 is 4.90 Å². The minimum atomic E-state index is 0.0341. The van der Waals surface area contributed by atoms with Gasteiger partial charge in [0.1, 0.15) is 6.01 Å². The van der Waals surface area contributed by atoms with E-state index in [1.54, 1.807) is 6.08 Å². The Bertz CT molecular complexity index is 1080. The van der Waals surface area contributed by atoms with E-state index in [-0.39, 0.29) is 5.91 Å². The van der Waals surface area contributed by atoms with Crippen LogP contribution in [0.3, 0.4) is 0 Å². The van der Waals surface area contributed by atoms with E-state index in [1.165, 1.54) is 0 Å². The van der Waals surface area contributed by atoms with Gasteiger partial charge in [-0.2, -0.15) is 9.98 Å². The first kappa shape index (κ1) is 18.6. The lowest BCUT2D eigenvalue weighted by Crippen LogP contribution is -2.33. The van der Waals surface area contributed by atoms with E-state index < -0.39 is 0 Å². The van der Waals surface area contributed by atoms with Crippen molar-refractivity contribution < 1.29 is 4.79 Å². The van der Waals surface area contributed by atoms with E-state index >= 15 is 0 Å². The summed E-state index contributed by atoms with van der Waals surface area (Å²) >= 11 is 0. The third-order valence-electron chi connectivity index (χ3n) is 4.83. The van der Waals surface area contributed by atoms with Gasteiger partial charge in [-0.05, 0) is 35.8 Å². The van der Waals surface area contributed by atoms with Crippen LogP contribution in [0.4, 0.5) is 11.4 Å². The standard InChI is InChI=1S/C25H21N3O/c29-25-17-21(15-16-28(25)18-20-9-3-1-4-10-20)23-13-7-8-14-24(23)27-19-26-22-11-5-2-6-12-22/h1-14,17H,15-16,18H2. The van der Waals surface area contributed by atoms with Gasteiger partial charge in [0.2, 0.25) is 5.91 Å². The lowest BCUT2D eigenvalue weighted by molar-refractivity contribution is -0.126. The quantitative estimate of drug-likeness (QED) is 0.529. The van der Waals surface area contributed by atoms with Gasteiger partial charge in [-0.25, -0.2) is 0 Å². The Kier molecular flexibility index (Phi) is 5.75. The minimum absolute atomic E-state index is 0.0341. The number of benzene rings is 3. The highest BCUT2D eigenvalue weighted by molar-refractivity contribution is 5.98. The summed E-state index contributed by atoms with van der Waals surface area (Å²) in [4.78, 5) is 23.2. The van der Waals surface area contributed by atoms with E-state index in [0.717, 1.165) is 34.5 Å². The van der Waals surface area contributed by atoms with Crippen molar-refractivity contribution in [3.8, 4) is 0 Å². The normalized spacial score (nSPS) is 13.4. The van der Waals surface area contributed by atoms with Crippen LogP contribution >= 0.6 is 0 Å². The molecule has 0 radical (unpaired) electrons. The highest BCUT2D eigenvalue weighted by Gasteiger charge is 2.20. The summed E-state index contributed by atoms with van der Waals surface area (Å²) in [6.07, 6.45) is 2.52. The first-order chi connectivity index (χ1) is 14.3. The molecule has 0 fully saturated rings. The molecule has 0 bridgehead atoms. The first-order valence-corrected chi connectivity index (χ1v) is 9.64. The Labute approximate surface area is 170 Å². The van der Waals surface area contributed by atoms with Crippen molar-refractivity contribution in [3.05, 3.63) is 102 Å². The molecule has 29 heavy (non-hydrogen) atoms. The number of nitrogens with zero attached hydrogens (tertiary/aromatic N) is 3. The zero-order valence-corrected chi connectivity index (χ0v) is 16.0. The van der Waals surface area contributed by atoms with E-state index in [2.05, 4.69) is 16.0 Å². The molecule has 0 unspecified atom stereocenters. The lowest BCUT2D eigenvalue weighted by Gasteiger charge is -2.27. The van der Waals surface area contributed by atoms with Crippen molar-refractivity contribution in [1.82, 2.24) is 4.90 Å². The van der Waals surface area contributed by atoms with Crippen molar-refractivity contribution in [2.24, 2.45) is 9.98 Å². The number of carbonyl (C=O) groups excluding carboxylic acids is 1. The van der Waals surface area contributed by atoms with Crippen LogP contribution in [0.25, 0.3) is 5.57 Å². The summed E-state index contributed by atoms with van der Waals surface area (Å²) in [6, 6.07) is 30.2. The Hall–Kier alpha value is -3.75. The number of rotatable bonds is 5. The molecule has 0 saturated heterocycles. The molecule has 1 heterocycles. The average Bonchev–Trinajstić information content (AvgIpc) is 2.77. The van der Waals surface area contributed by atoms with Gasteiger partial charge in [0.05, 0.1) is 11.4 Å². The highest BCUT2D eigenvalue weighted by atomic mass is 16.2. The summed E-state index contributed by atoms with van der Waals surface area (Å²) in [7, 11) is 0. The topological polar surface area (TPSA) is 45.0 Å². The smallest absolute Gasteiger partial charge is 0.247 e. The molecule has 0 atom stereocenters. The molecule has 4 heteroatoms. The van der Waals surface area contributed by atoms with Crippen molar-refractivity contribution >= 4 is 28.9 Å². The maximum absolute atomic E-state index is 12.7. The van der Waals surface area contributed by atoms with Crippen LogP contribution in [0.2, 0.25) is 0 Å². The van der Waals surface area contributed by atoms with E-state index in [4.69, 9.17) is 0 Å². The molecule has 0 saturated carbocycles. The SMILES string of the molecule is O=C1C=C(c2ccccc2N=C=Nc2ccccc2)CCN1Cc1ccccc1. The molecule has 1 aliphatic rings. The number of amides is 1. The molecule has 0 N–H and O–H groups in total. The number of carbonyl (C=O) groups is 1.